The molecule has 0 N–H and O–H groups in total. The van der Waals surface area contributed by atoms with Crippen LogP contribution in [0.25, 0.3) is 11.3 Å². The number of fused-ring (bicyclic) bond motifs is 2. The average molecular weight is 576 g/mol. The zero-order valence-electron chi connectivity index (χ0n) is 21.3. The average Bonchev–Trinajstić information content (AvgIpc) is 3.54. The summed E-state index contributed by atoms with van der Waals surface area (Å²) in [5.41, 5.74) is 1.96. The number of anilines is 2. The topological polar surface area (TPSA) is 105 Å². The van der Waals surface area contributed by atoms with E-state index in [4.69, 9.17) is 9.47 Å². The zero-order chi connectivity index (χ0) is 28.2. The van der Waals surface area contributed by atoms with Gasteiger partial charge in [0, 0.05) is 43.5 Å². The summed E-state index contributed by atoms with van der Waals surface area (Å²) >= 11 is 0. The predicted octanol–water partition coefficient (Wildman–Crippen LogP) is 3.22. The number of sulfonamides is 1. The lowest BCUT2D eigenvalue weighted by molar-refractivity contribution is -0.170. The standard InChI is InChI=1S/C26H24F3N5O5S/c1-16-12-18-13-19(3-5-21(18)34(16)25(35)26(27,28)29)40(36,37)33-10-8-32(9-11-33)24-7-4-20(30-31-24)17-2-6-22-23(14-17)39-15-38-22/h2-7,13-14,16H,8-12,15H2,1H3. The Hall–Kier alpha value is -3.91. The van der Waals surface area contributed by atoms with Crippen LogP contribution in [0.15, 0.2) is 53.4 Å². The molecule has 3 aliphatic rings. The molecule has 10 nitrogen and oxygen atoms in total. The normalized spacial score (nSPS) is 19.1. The van der Waals surface area contributed by atoms with Gasteiger partial charge in [-0.3, -0.25) is 4.79 Å². The monoisotopic (exact) mass is 575 g/mol. The van der Waals surface area contributed by atoms with Gasteiger partial charge in [-0.1, -0.05) is 0 Å². The maximum absolute atomic E-state index is 13.4. The maximum Gasteiger partial charge on any atom is 0.471 e. The fraction of sp³-hybridized carbons (Fsp3) is 0.346. The van der Waals surface area contributed by atoms with Crippen molar-refractivity contribution in [3.8, 4) is 22.8 Å². The van der Waals surface area contributed by atoms with Crippen LogP contribution in [0.4, 0.5) is 24.7 Å². The van der Waals surface area contributed by atoms with Crippen molar-refractivity contribution in [2.24, 2.45) is 0 Å². The van der Waals surface area contributed by atoms with Gasteiger partial charge in [0.1, 0.15) is 0 Å². The third kappa shape index (κ3) is 4.60. The van der Waals surface area contributed by atoms with Gasteiger partial charge >= 0.3 is 12.1 Å². The van der Waals surface area contributed by atoms with Crippen LogP contribution in [0.5, 0.6) is 11.5 Å². The number of benzene rings is 2. The van der Waals surface area contributed by atoms with E-state index in [-0.39, 0.29) is 36.9 Å². The Labute approximate surface area is 228 Å². The minimum Gasteiger partial charge on any atom is -0.454 e. The number of rotatable bonds is 4. The number of aromatic nitrogens is 2. The highest BCUT2D eigenvalue weighted by atomic mass is 32.2. The van der Waals surface area contributed by atoms with Crippen LogP contribution in [0.1, 0.15) is 12.5 Å². The van der Waals surface area contributed by atoms with E-state index in [0.717, 1.165) is 5.56 Å². The smallest absolute Gasteiger partial charge is 0.454 e. The molecule has 0 aliphatic carbocycles. The van der Waals surface area contributed by atoms with Crippen LogP contribution in [0.2, 0.25) is 0 Å². The minimum atomic E-state index is -5.02. The second kappa shape index (κ2) is 9.63. The number of amides is 1. The van der Waals surface area contributed by atoms with Gasteiger partial charge in [0.2, 0.25) is 16.8 Å². The van der Waals surface area contributed by atoms with Crippen molar-refractivity contribution in [2.45, 2.75) is 30.5 Å². The Morgan fingerprint density at radius 1 is 0.950 bits per heavy atom. The maximum atomic E-state index is 13.4. The Bertz CT molecular complexity index is 1570. The fourth-order valence-corrected chi connectivity index (χ4v) is 6.70. The predicted molar refractivity (Wildman–Crippen MR) is 138 cm³/mol. The summed E-state index contributed by atoms with van der Waals surface area (Å²) in [7, 11) is -3.90. The van der Waals surface area contributed by atoms with E-state index in [1.54, 1.807) is 0 Å². The van der Waals surface area contributed by atoms with E-state index < -0.39 is 28.1 Å². The molecule has 3 aromatic rings. The van der Waals surface area contributed by atoms with Crippen molar-refractivity contribution in [1.29, 1.82) is 0 Å². The molecule has 40 heavy (non-hydrogen) atoms. The lowest BCUT2D eigenvalue weighted by atomic mass is 10.1. The second-order valence-corrected chi connectivity index (χ2v) is 11.7. The van der Waals surface area contributed by atoms with Crippen LogP contribution < -0.4 is 19.3 Å². The van der Waals surface area contributed by atoms with E-state index in [0.29, 0.717) is 46.6 Å². The molecule has 1 amide bonds. The molecule has 0 spiro atoms. The van der Waals surface area contributed by atoms with Crippen molar-refractivity contribution >= 4 is 27.4 Å². The molecule has 14 heteroatoms. The summed E-state index contributed by atoms with van der Waals surface area (Å²) in [5, 5.41) is 8.65. The number of halogens is 3. The van der Waals surface area contributed by atoms with Gasteiger partial charge in [0.25, 0.3) is 0 Å². The first-order chi connectivity index (χ1) is 19.0. The molecule has 4 heterocycles. The van der Waals surface area contributed by atoms with Gasteiger partial charge in [0.15, 0.2) is 17.3 Å². The number of hydrogen-bond acceptors (Lipinski definition) is 8. The fourth-order valence-electron chi connectivity index (χ4n) is 5.22. The van der Waals surface area contributed by atoms with Gasteiger partial charge in [-0.05, 0) is 67.4 Å². The van der Waals surface area contributed by atoms with Crippen LogP contribution in [-0.4, -0.2) is 74.0 Å². The molecule has 1 saturated heterocycles. The van der Waals surface area contributed by atoms with Crippen LogP contribution in [0.3, 0.4) is 0 Å². The molecule has 0 saturated carbocycles. The van der Waals surface area contributed by atoms with E-state index in [2.05, 4.69) is 10.2 Å². The molecule has 1 unspecified atom stereocenters. The Balaban J connectivity index is 1.13. The summed E-state index contributed by atoms with van der Waals surface area (Å²) < 4.78 is 78.0. The van der Waals surface area contributed by atoms with Crippen molar-refractivity contribution in [2.75, 3.05) is 42.8 Å². The highest BCUT2D eigenvalue weighted by molar-refractivity contribution is 7.89. The molecular weight excluding hydrogens is 551 g/mol. The summed E-state index contributed by atoms with van der Waals surface area (Å²) in [5.74, 6) is -0.0279. The molecule has 0 radical (unpaired) electrons. The minimum absolute atomic E-state index is 0.0129. The Kier molecular flexibility index (Phi) is 6.33. The molecule has 1 aromatic heterocycles. The van der Waals surface area contributed by atoms with E-state index in [1.807, 2.05) is 35.2 Å². The molecule has 3 aliphatic heterocycles. The molecule has 1 atom stereocenters. The highest BCUT2D eigenvalue weighted by Crippen LogP contribution is 2.38. The number of piperazine rings is 1. The van der Waals surface area contributed by atoms with Crippen LogP contribution in [0, 0.1) is 0 Å². The molecule has 6 rings (SSSR count). The van der Waals surface area contributed by atoms with Gasteiger partial charge < -0.3 is 19.3 Å². The second-order valence-electron chi connectivity index (χ2n) is 9.75. The van der Waals surface area contributed by atoms with Gasteiger partial charge in [0.05, 0.1) is 10.6 Å². The first-order valence-corrected chi connectivity index (χ1v) is 14.0. The summed E-state index contributed by atoms with van der Waals surface area (Å²) in [6.07, 6.45) is -4.88. The number of nitrogens with zero attached hydrogens (tertiary/aromatic N) is 5. The Morgan fingerprint density at radius 2 is 1.70 bits per heavy atom. The zero-order valence-corrected chi connectivity index (χ0v) is 22.1. The molecule has 210 valence electrons. The van der Waals surface area contributed by atoms with E-state index in [9.17, 15) is 26.4 Å². The Morgan fingerprint density at radius 3 is 2.40 bits per heavy atom. The highest BCUT2D eigenvalue weighted by Gasteiger charge is 2.47. The lowest BCUT2D eigenvalue weighted by Crippen LogP contribution is -2.49. The molecule has 2 aromatic carbocycles. The van der Waals surface area contributed by atoms with Crippen molar-refractivity contribution < 1.29 is 35.9 Å². The molecule has 0 bridgehead atoms. The van der Waals surface area contributed by atoms with Gasteiger partial charge in [-0.2, -0.15) is 17.5 Å². The van der Waals surface area contributed by atoms with Crippen molar-refractivity contribution in [1.82, 2.24) is 14.5 Å². The molecular formula is C26H24F3N5O5S. The lowest BCUT2D eigenvalue weighted by Gasteiger charge is -2.34. The third-order valence-electron chi connectivity index (χ3n) is 7.25. The number of carbonyl (C=O) groups is 1. The number of ether oxygens (including phenoxy) is 2. The van der Waals surface area contributed by atoms with Crippen LogP contribution >= 0.6 is 0 Å². The summed E-state index contributed by atoms with van der Waals surface area (Å²) in [6.45, 7) is 2.83. The van der Waals surface area contributed by atoms with Crippen molar-refractivity contribution in [3.05, 3.63) is 54.1 Å². The largest absolute Gasteiger partial charge is 0.471 e. The first-order valence-electron chi connectivity index (χ1n) is 12.5. The van der Waals surface area contributed by atoms with Gasteiger partial charge in [-0.25, -0.2) is 8.42 Å². The summed E-state index contributed by atoms with van der Waals surface area (Å²) in [4.78, 5) is 14.5. The number of carbonyl (C=O) groups excluding carboxylic acids is 1. The quantitative estimate of drug-likeness (QED) is 0.467. The number of hydrogen-bond donors (Lipinski definition) is 0. The SMILES string of the molecule is CC1Cc2cc(S(=O)(=O)N3CCN(c4ccc(-c5ccc6c(c5)OCO6)nn4)CC3)ccc2N1C(=O)C(F)(F)F. The van der Waals surface area contributed by atoms with Gasteiger partial charge in [-0.15, -0.1) is 10.2 Å². The third-order valence-corrected chi connectivity index (χ3v) is 9.14. The van der Waals surface area contributed by atoms with Crippen molar-refractivity contribution in [3.63, 3.8) is 0 Å². The van der Waals surface area contributed by atoms with Crippen LogP contribution in [-0.2, 0) is 21.2 Å². The van der Waals surface area contributed by atoms with E-state index >= 15 is 0 Å². The van der Waals surface area contributed by atoms with E-state index in [1.165, 1.54) is 29.4 Å². The number of alkyl halides is 3. The summed E-state index contributed by atoms with van der Waals surface area (Å²) in [6, 6.07) is 12.4. The first kappa shape index (κ1) is 26.3. The molecule has 1 fully saturated rings.